The highest BCUT2D eigenvalue weighted by Gasteiger charge is 2.11. The van der Waals surface area contributed by atoms with Crippen LogP contribution in [0.3, 0.4) is 0 Å². The Balaban J connectivity index is 2.98. The number of aliphatic imine (C=N–C) groups is 1. The van der Waals surface area contributed by atoms with Crippen molar-refractivity contribution in [2.24, 2.45) is 10.7 Å². The zero-order valence-corrected chi connectivity index (χ0v) is 21.3. The second-order valence-corrected chi connectivity index (χ2v) is 10.5. The molecule has 1 aromatic rings. The molecule has 1 rings (SSSR count). The fourth-order valence-electron chi connectivity index (χ4n) is 2.35. The zero-order valence-electron chi connectivity index (χ0n) is 19.7. The molecule has 0 bridgehead atoms. The van der Waals surface area contributed by atoms with Gasteiger partial charge in [-0.3, -0.25) is 4.79 Å². The fraction of sp³-hybridized carbons (Fsp3) is 0.391. The van der Waals surface area contributed by atoms with Crippen molar-refractivity contribution in [1.29, 1.82) is 0 Å². The molecule has 8 nitrogen and oxygen atoms in total. The molecule has 10 heteroatoms. The predicted molar refractivity (Wildman–Crippen MR) is 133 cm³/mol. The lowest BCUT2D eigenvalue weighted by atomic mass is 10.2. The van der Waals surface area contributed by atoms with E-state index in [2.05, 4.69) is 4.99 Å². The van der Waals surface area contributed by atoms with Crippen molar-refractivity contribution >= 4 is 32.7 Å². The van der Waals surface area contributed by atoms with Gasteiger partial charge in [0.1, 0.15) is 17.6 Å². The summed E-state index contributed by atoms with van der Waals surface area (Å²) in [5, 5.41) is 10.8. The number of sulfone groups is 1. The summed E-state index contributed by atoms with van der Waals surface area (Å²) in [6, 6.07) is 6.11. The van der Waals surface area contributed by atoms with E-state index < -0.39 is 28.0 Å². The normalized spacial score (nSPS) is 15.6. The number of ether oxygens (including phenoxy) is 2. The Morgan fingerprint density at radius 1 is 1.18 bits per heavy atom. The number of amides is 1. The molecule has 1 amide bonds. The SMILES string of the molecule is C/C(=C\C(=C/C(C)Oc1ccc(S(C)(=O)=O)cc1)OC(C)C)C(=O)N=C(N)S/C=C/C(C)O. The van der Waals surface area contributed by atoms with Crippen LogP contribution in [0.5, 0.6) is 5.75 Å². The van der Waals surface area contributed by atoms with E-state index in [0.717, 1.165) is 18.0 Å². The van der Waals surface area contributed by atoms with Gasteiger partial charge in [0.05, 0.1) is 17.1 Å². The minimum Gasteiger partial charge on any atom is -0.491 e. The van der Waals surface area contributed by atoms with E-state index in [-0.39, 0.29) is 16.2 Å². The monoisotopic (exact) mass is 496 g/mol. The van der Waals surface area contributed by atoms with E-state index in [9.17, 15) is 18.3 Å². The molecule has 1 aromatic carbocycles. The summed E-state index contributed by atoms with van der Waals surface area (Å²) >= 11 is 1.03. The Hall–Kier alpha value is -2.56. The number of carbonyl (C=O) groups is 1. The van der Waals surface area contributed by atoms with Crippen LogP contribution in [-0.4, -0.2) is 49.2 Å². The number of thioether (sulfide) groups is 1. The topological polar surface area (TPSA) is 128 Å². The number of rotatable bonds is 10. The molecule has 33 heavy (non-hydrogen) atoms. The Morgan fingerprint density at radius 2 is 1.79 bits per heavy atom. The summed E-state index contributed by atoms with van der Waals surface area (Å²) in [5.41, 5.74) is 6.06. The number of carbonyl (C=O) groups excluding carboxylic acids is 1. The molecule has 0 saturated heterocycles. The van der Waals surface area contributed by atoms with Crippen LogP contribution >= 0.6 is 11.8 Å². The number of hydrogen-bond acceptors (Lipinski definition) is 7. The Bertz CT molecular complexity index is 1020. The predicted octanol–water partition coefficient (Wildman–Crippen LogP) is 3.58. The largest absolute Gasteiger partial charge is 0.491 e. The lowest BCUT2D eigenvalue weighted by Gasteiger charge is -2.16. The van der Waals surface area contributed by atoms with Crippen molar-refractivity contribution in [2.75, 3.05) is 6.26 Å². The van der Waals surface area contributed by atoms with Crippen LogP contribution in [0.2, 0.25) is 0 Å². The van der Waals surface area contributed by atoms with Gasteiger partial charge in [-0.05, 0) is 82.5 Å². The van der Waals surface area contributed by atoms with E-state index in [4.69, 9.17) is 15.2 Å². The molecule has 0 aliphatic carbocycles. The fourth-order valence-corrected chi connectivity index (χ4v) is 3.56. The van der Waals surface area contributed by atoms with Gasteiger partial charge in [-0.2, -0.15) is 4.99 Å². The van der Waals surface area contributed by atoms with Gasteiger partial charge in [-0.15, -0.1) is 0 Å². The lowest BCUT2D eigenvalue weighted by Crippen LogP contribution is -2.13. The van der Waals surface area contributed by atoms with Crippen molar-refractivity contribution in [3.8, 4) is 5.75 Å². The maximum Gasteiger partial charge on any atom is 0.275 e. The van der Waals surface area contributed by atoms with Gasteiger partial charge in [0.15, 0.2) is 15.0 Å². The summed E-state index contributed by atoms with van der Waals surface area (Å²) in [6.45, 7) is 8.70. The average molecular weight is 497 g/mol. The van der Waals surface area contributed by atoms with Gasteiger partial charge in [0, 0.05) is 11.8 Å². The van der Waals surface area contributed by atoms with E-state index in [1.807, 2.05) is 13.8 Å². The number of allylic oxidation sites excluding steroid dienone is 1. The smallest absolute Gasteiger partial charge is 0.275 e. The van der Waals surface area contributed by atoms with Crippen molar-refractivity contribution in [2.45, 2.75) is 57.8 Å². The van der Waals surface area contributed by atoms with E-state index in [1.165, 1.54) is 18.2 Å². The molecule has 0 heterocycles. The van der Waals surface area contributed by atoms with Crippen molar-refractivity contribution in [1.82, 2.24) is 0 Å². The van der Waals surface area contributed by atoms with Gasteiger partial charge >= 0.3 is 0 Å². The first-order valence-electron chi connectivity index (χ1n) is 10.2. The second-order valence-electron chi connectivity index (χ2n) is 7.57. The Labute approximate surface area is 200 Å². The molecular formula is C23H32N2O6S2. The first-order chi connectivity index (χ1) is 15.3. The van der Waals surface area contributed by atoms with Crippen LogP contribution in [0.15, 0.2) is 69.1 Å². The molecule has 0 radical (unpaired) electrons. The lowest BCUT2D eigenvalue weighted by molar-refractivity contribution is -0.114. The third-order valence-corrected chi connectivity index (χ3v) is 5.55. The van der Waals surface area contributed by atoms with Crippen LogP contribution in [-0.2, 0) is 19.4 Å². The van der Waals surface area contributed by atoms with Gasteiger partial charge < -0.3 is 20.3 Å². The zero-order chi connectivity index (χ0) is 25.2. The number of aliphatic hydroxyl groups is 1. The highest BCUT2D eigenvalue weighted by Crippen LogP contribution is 2.19. The van der Waals surface area contributed by atoms with Crippen LogP contribution in [0.25, 0.3) is 0 Å². The molecule has 182 valence electrons. The molecule has 2 atom stereocenters. The van der Waals surface area contributed by atoms with Gasteiger partial charge in [0.2, 0.25) is 0 Å². The highest BCUT2D eigenvalue weighted by molar-refractivity contribution is 8.16. The number of nitrogens with zero attached hydrogens (tertiary/aromatic N) is 1. The van der Waals surface area contributed by atoms with Crippen LogP contribution in [0, 0.1) is 0 Å². The maximum absolute atomic E-state index is 12.4. The van der Waals surface area contributed by atoms with E-state index in [1.54, 1.807) is 50.5 Å². The quantitative estimate of drug-likeness (QED) is 0.165. The summed E-state index contributed by atoms with van der Waals surface area (Å²) < 4.78 is 34.8. The number of benzene rings is 1. The summed E-state index contributed by atoms with van der Waals surface area (Å²) in [6.07, 6.45) is 4.72. The number of hydrogen-bond donors (Lipinski definition) is 2. The van der Waals surface area contributed by atoms with Crippen molar-refractivity contribution in [3.05, 3.63) is 59.2 Å². The standard InChI is InChI=1S/C23H32N2O6S2/c1-15(2)30-20(13-16(3)22(27)25-23(24)32-12-11-17(4)26)14-18(5)31-19-7-9-21(10-8-19)33(6,28)29/h7-15,17-18,26H,1-6H3,(H2,24,25,27)/b12-11+,16-13+,20-14+. The Morgan fingerprint density at radius 3 is 2.30 bits per heavy atom. The number of nitrogens with two attached hydrogens (primary N) is 1. The number of amidine groups is 1. The molecule has 0 aliphatic rings. The van der Waals surface area contributed by atoms with E-state index in [0.29, 0.717) is 17.1 Å². The highest BCUT2D eigenvalue weighted by atomic mass is 32.2. The van der Waals surface area contributed by atoms with Gasteiger partial charge in [0.25, 0.3) is 5.91 Å². The van der Waals surface area contributed by atoms with E-state index >= 15 is 0 Å². The molecule has 0 aromatic heterocycles. The summed E-state index contributed by atoms with van der Waals surface area (Å²) in [5.74, 6) is 0.395. The molecular weight excluding hydrogens is 464 g/mol. The minimum atomic E-state index is -3.28. The molecule has 2 unspecified atom stereocenters. The molecule has 3 N–H and O–H groups in total. The van der Waals surface area contributed by atoms with Gasteiger partial charge in [-0.25, -0.2) is 8.42 Å². The molecule has 0 spiro atoms. The second kappa shape index (κ2) is 13.2. The third kappa shape index (κ3) is 11.7. The summed E-state index contributed by atoms with van der Waals surface area (Å²) in [4.78, 5) is 16.4. The minimum absolute atomic E-state index is 0.0502. The average Bonchev–Trinajstić information content (AvgIpc) is 2.66. The van der Waals surface area contributed by atoms with Gasteiger partial charge in [-0.1, -0.05) is 11.8 Å². The van der Waals surface area contributed by atoms with Crippen molar-refractivity contribution in [3.63, 3.8) is 0 Å². The van der Waals surface area contributed by atoms with Crippen LogP contribution in [0.1, 0.15) is 34.6 Å². The molecule has 0 fully saturated rings. The summed E-state index contributed by atoms with van der Waals surface area (Å²) in [7, 11) is -3.28. The van der Waals surface area contributed by atoms with Crippen LogP contribution in [0.4, 0.5) is 0 Å². The number of aliphatic hydroxyl groups excluding tert-OH is 1. The molecule has 0 saturated carbocycles. The first-order valence-corrected chi connectivity index (χ1v) is 13.0. The van der Waals surface area contributed by atoms with Crippen LogP contribution < -0.4 is 10.5 Å². The first kappa shape index (κ1) is 28.5. The third-order valence-electron chi connectivity index (χ3n) is 3.80. The van der Waals surface area contributed by atoms with Crippen molar-refractivity contribution < 1.29 is 27.8 Å². The maximum atomic E-state index is 12.4. The Kier molecular flexibility index (Phi) is 11.4. The molecule has 0 aliphatic heterocycles.